The number of Topliss-reactive ketones (excluding diaryl/α,β-unsaturated/α-hetero) is 1. The predicted molar refractivity (Wildman–Crippen MR) is 129 cm³/mol. The molecular weight excluding hydrogens is 486 g/mol. The molecule has 7 heteroatoms. The van der Waals surface area contributed by atoms with Crippen molar-refractivity contribution >= 4 is 38.6 Å². The minimum atomic E-state index is -0.730. The zero-order valence-electron chi connectivity index (χ0n) is 18.8. The SMILES string of the molecule is CCc1ccc(C2C(C(=O)c3cc4cc(Br)ccc4o3)=C(O)C(=O)N2CCOC(C)C)cc1. The minimum absolute atomic E-state index is 0.00234. The number of rotatable bonds is 8. The normalized spacial score (nSPS) is 16.5. The standard InChI is InChI=1S/C26H26BrNO5/c1-4-16-5-7-17(8-6-16)23-22(25(30)26(31)28(23)11-12-32-15(2)3)24(29)21-14-18-13-19(27)9-10-20(18)33-21/h5-10,13-15,23,30H,4,11-12H2,1-3H3. The number of halogens is 1. The van der Waals surface area contributed by atoms with Crippen LogP contribution in [0.25, 0.3) is 11.0 Å². The molecule has 6 nitrogen and oxygen atoms in total. The van der Waals surface area contributed by atoms with Gasteiger partial charge in [-0.05, 0) is 55.7 Å². The largest absolute Gasteiger partial charge is 0.503 e. The first kappa shape index (κ1) is 23.3. The van der Waals surface area contributed by atoms with E-state index in [1.807, 2.05) is 50.2 Å². The highest BCUT2D eigenvalue weighted by atomic mass is 79.9. The Morgan fingerprint density at radius 3 is 2.58 bits per heavy atom. The number of furan rings is 1. The number of carbonyl (C=O) groups excluding carboxylic acids is 2. The number of hydrogen-bond acceptors (Lipinski definition) is 5. The van der Waals surface area contributed by atoms with Crippen molar-refractivity contribution < 1.29 is 23.8 Å². The Labute approximate surface area is 201 Å². The van der Waals surface area contributed by atoms with Crippen LogP contribution in [0.15, 0.2) is 68.8 Å². The van der Waals surface area contributed by atoms with E-state index in [9.17, 15) is 14.7 Å². The van der Waals surface area contributed by atoms with Gasteiger partial charge in [0.25, 0.3) is 5.91 Å². The molecule has 1 N–H and O–H groups in total. The van der Waals surface area contributed by atoms with Gasteiger partial charge in [-0.3, -0.25) is 9.59 Å². The molecule has 2 aromatic carbocycles. The van der Waals surface area contributed by atoms with Crippen LogP contribution in [0.4, 0.5) is 0 Å². The summed E-state index contributed by atoms with van der Waals surface area (Å²) < 4.78 is 12.3. The summed E-state index contributed by atoms with van der Waals surface area (Å²) in [5.74, 6) is -1.57. The number of fused-ring (bicyclic) bond motifs is 1. The molecule has 0 saturated carbocycles. The molecular formula is C26H26BrNO5. The molecule has 0 saturated heterocycles. The number of ether oxygens (including phenoxy) is 1. The number of aryl methyl sites for hydroxylation is 1. The number of aliphatic hydroxyl groups excluding tert-OH is 1. The predicted octanol–water partition coefficient (Wildman–Crippen LogP) is 5.76. The number of hydrogen-bond donors (Lipinski definition) is 1. The van der Waals surface area contributed by atoms with Gasteiger partial charge in [-0.1, -0.05) is 47.1 Å². The summed E-state index contributed by atoms with van der Waals surface area (Å²) in [6.07, 6.45) is 0.875. The van der Waals surface area contributed by atoms with Crippen molar-refractivity contribution in [1.29, 1.82) is 0 Å². The Bertz CT molecular complexity index is 1230. The minimum Gasteiger partial charge on any atom is -0.503 e. The van der Waals surface area contributed by atoms with Gasteiger partial charge in [-0.25, -0.2) is 0 Å². The topological polar surface area (TPSA) is 80.0 Å². The molecule has 0 fully saturated rings. The summed E-state index contributed by atoms with van der Waals surface area (Å²) in [5.41, 5.74) is 2.46. The van der Waals surface area contributed by atoms with Crippen LogP contribution in [0.5, 0.6) is 0 Å². The lowest BCUT2D eigenvalue weighted by atomic mass is 9.94. The molecule has 1 unspecified atom stereocenters. The van der Waals surface area contributed by atoms with E-state index in [0.29, 0.717) is 12.2 Å². The van der Waals surface area contributed by atoms with E-state index >= 15 is 0 Å². The molecule has 1 atom stereocenters. The smallest absolute Gasteiger partial charge is 0.290 e. The second-order valence-electron chi connectivity index (χ2n) is 8.30. The third kappa shape index (κ3) is 4.61. The average Bonchev–Trinajstić information content (AvgIpc) is 3.32. The van der Waals surface area contributed by atoms with Crippen LogP contribution in [-0.4, -0.2) is 41.0 Å². The summed E-state index contributed by atoms with van der Waals surface area (Å²) in [5, 5.41) is 11.6. The van der Waals surface area contributed by atoms with E-state index in [-0.39, 0.29) is 24.0 Å². The van der Waals surface area contributed by atoms with Crippen LogP contribution in [0.2, 0.25) is 0 Å². The fraction of sp³-hybridized carbons (Fsp3) is 0.308. The molecule has 1 aromatic heterocycles. The van der Waals surface area contributed by atoms with Gasteiger partial charge in [0.2, 0.25) is 5.78 Å². The number of benzene rings is 2. The second kappa shape index (κ2) is 9.53. The molecule has 1 aliphatic rings. The van der Waals surface area contributed by atoms with Crippen molar-refractivity contribution in [2.45, 2.75) is 39.3 Å². The summed E-state index contributed by atoms with van der Waals surface area (Å²) in [6, 6.07) is 14.1. The maximum Gasteiger partial charge on any atom is 0.290 e. The van der Waals surface area contributed by atoms with Gasteiger partial charge in [0.1, 0.15) is 5.58 Å². The molecule has 1 amide bonds. The number of nitrogens with zero attached hydrogens (tertiary/aromatic N) is 1. The first-order valence-electron chi connectivity index (χ1n) is 11.0. The van der Waals surface area contributed by atoms with Gasteiger partial charge in [0.05, 0.1) is 24.3 Å². The van der Waals surface area contributed by atoms with E-state index in [0.717, 1.165) is 27.4 Å². The number of carbonyl (C=O) groups is 2. The van der Waals surface area contributed by atoms with Crippen LogP contribution < -0.4 is 0 Å². The van der Waals surface area contributed by atoms with Gasteiger partial charge in [0.15, 0.2) is 11.5 Å². The van der Waals surface area contributed by atoms with Crippen molar-refractivity contribution in [1.82, 2.24) is 4.90 Å². The molecule has 4 rings (SSSR count). The summed E-state index contributed by atoms with van der Waals surface area (Å²) in [4.78, 5) is 28.1. The van der Waals surface area contributed by atoms with Gasteiger partial charge in [-0.15, -0.1) is 0 Å². The van der Waals surface area contributed by atoms with Crippen LogP contribution >= 0.6 is 15.9 Å². The lowest BCUT2D eigenvalue weighted by molar-refractivity contribution is -0.130. The summed E-state index contributed by atoms with van der Waals surface area (Å²) in [6.45, 7) is 6.42. The quantitative estimate of drug-likeness (QED) is 0.388. The first-order valence-corrected chi connectivity index (χ1v) is 11.8. The monoisotopic (exact) mass is 511 g/mol. The molecule has 0 bridgehead atoms. The van der Waals surface area contributed by atoms with Gasteiger partial charge >= 0.3 is 0 Å². The fourth-order valence-corrected chi connectivity index (χ4v) is 4.42. The van der Waals surface area contributed by atoms with Crippen molar-refractivity contribution in [3.8, 4) is 0 Å². The highest BCUT2D eigenvalue weighted by Crippen LogP contribution is 2.39. The third-order valence-corrected chi connectivity index (χ3v) is 6.23. The number of amides is 1. The zero-order chi connectivity index (χ0) is 23.7. The Hall–Kier alpha value is -2.90. The maximum absolute atomic E-state index is 13.6. The molecule has 3 aromatic rings. The number of aliphatic hydroxyl groups is 1. The Balaban J connectivity index is 1.74. The van der Waals surface area contributed by atoms with Gasteiger partial charge in [0, 0.05) is 16.4 Å². The average molecular weight is 512 g/mol. The molecule has 172 valence electrons. The summed E-state index contributed by atoms with van der Waals surface area (Å²) >= 11 is 3.42. The fourth-order valence-electron chi connectivity index (χ4n) is 4.04. The molecule has 33 heavy (non-hydrogen) atoms. The van der Waals surface area contributed by atoms with Crippen LogP contribution in [0.3, 0.4) is 0 Å². The van der Waals surface area contributed by atoms with Crippen molar-refractivity contribution in [3.05, 3.63) is 81.2 Å². The Morgan fingerprint density at radius 2 is 1.91 bits per heavy atom. The highest BCUT2D eigenvalue weighted by molar-refractivity contribution is 9.10. The van der Waals surface area contributed by atoms with E-state index in [1.54, 1.807) is 12.1 Å². The van der Waals surface area contributed by atoms with Crippen molar-refractivity contribution in [2.75, 3.05) is 13.2 Å². The van der Waals surface area contributed by atoms with Crippen LogP contribution in [0, 0.1) is 0 Å². The number of ketones is 1. The first-order chi connectivity index (χ1) is 15.8. The summed E-state index contributed by atoms with van der Waals surface area (Å²) in [7, 11) is 0. The highest BCUT2D eigenvalue weighted by Gasteiger charge is 2.44. The second-order valence-corrected chi connectivity index (χ2v) is 9.22. The third-order valence-electron chi connectivity index (χ3n) is 5.74. The van der Waals surface area contributed by atoms with Crippen molar-refractivity contribution in [3.63, 3.8) is 0 Å². The lowest BCUT2D eigenvalue weighted by Crippen LogP contribution is -2.34. The zero-order valence-corrected chi connectivity index (χ0v) is 20.4. The van der Waals surface area contributed by atoms with Gasteiger partial charge < -0.3 is 19.2 Å². The lowest BCUT2D eigenvalue weighted by Gasteiger charge is -2.27. The van der Waals surface area contributed by atoms with Crippen molar-refractivity contribution in [2.24, 2.45) is 0 Å². The van der Waals surface area contributed by atoms with Crippen LogP contribution in [-0.2, 0) is 16.0 Å². The molecule has 1 aliphatic heterocycles. The molecule has 0 spiro atoms. The Kier molecular flexibility index (Phi) is 6.72. The molecule has 0 aliphatic carbocycles. The molecule has 0 radical (unpaired) electrons. The van der Waals surface area contributed by atoms with Gasteiger partial charge in [-0.2, -0.15) is 0 Å². The van der Waals surface area contributed by atoms with E-state index in [4.69, 9.17) is 9.15 Å². The van der Waals surface area contributed by atoms with E-state index in [1.165, 1.54) is 4.90 Å². The molecule has 2 heterocycles. The van der Waals surface area contributed by atoms with E-state index < -0.39 is 23.5 Å². The van der Waals surface area contributed by atoms with Crippen LogP contribution in [0.1, 0.15) is 48.5 Å². The Morgan fingerprint density at radius 1 is 1.18 bits per heavy atom. The maximum atomic E-state index is 13.6. The van der Waals surface area contributed by atoms with E-state index in [2.05, 4.69) is 22.9 Å².